The summed E-state index contributed by atoms with van der Waals surface area (Å²) in [6, 6.07) is 6.11. The molecule has 1 aliphatic heterocycles. The van der Waals surface area contributed by atoms with E-state index in [-0.39, 0.29) is 30.2 Å². The van der Waals surface area contributed by atoms with Crippen LogP contribution in [0.15, 0.2) is 24.3 Å². The number of hydrogen-bond donors (Lipinski definition) is 2. The highest BCUT2D eigenvalue weighted by molar-refractivity contribution is 5.92. The number of aliphatic hydroxyl groups is 1. The van der Waals surface area contributed by atoms with Crippen molar-refractivity contribution in [2.24, 2.45) is 5.92 Å². The third-order valence-electron chi connectivity index (χ3n) is 3.46. The first kappa shape index (κ1) is 14.0. The molecule has 4 nitrogen and oxygen atoms in total. The van der Waals surface area contributed by atoms with E-state index in [1.165, 1.54) is 12.1 Å². The number of amides is 1. The largest absolute Gasteiger partial charge is 0.393 e. The van der Waals surface area contributed by atoms with Crippen LogP contribution in [0.1, 0.15) is 13.3 Å². The molecule has 2 atom stereocenters. The van der Waals surface area contributed by atoms with Gasteiger partial charge in [0.1, 0.15) is 5.82 Å². The summed E-state index contributed by atoms with van der Waals surface area (Å²) >= 11 is 0. The molecule has 5 heteroatoms. The normalized spacial score (nSPS) is 24.2. The number of rotatable bonds is 3. The van der Waals surface area contributed by atoms with Crippen LogP contribution in [0.3, 0.4) is 0 Å². The molecule has 0 spiro atoms. The highest BCUT2D eigenvalue weighted by atomic mass is 19.1. The van der Waals surface area contributed by atoms with Crippen LogP contribution >= 0.6 is 0 Å². The van der Waals surface area contributed by atoms with Crippen LogP contribution in [0.25, 0.3) is 0 Å². The van der Waals surface area contributed by atoms with Gasteiger partial charge >= 0.3 is 0 Å². The molecule has 1 aliphatic rings. The summed E-state index contributed by atoms with van der Waals surface area (Å²) < 4.78 is 13.4. The van der Waals surface area contributed by atoms with Gasteiger partial charge in [-0.05, 0) is 24.5 Å². The van der Waals surface area contributed by atoms with Crippen LogP contribution in [0.2, 0.25) is 0 Å². The van der Waals surface area contributed by atoms with Crippen molar-refractivity contribution < 1.29 is 14.3 Å². The predicted molar refractivity (Wildman–Crippen MR) is 71.3 cm³/mol. The number of nitrogens with zero attached hydrogens (tertiary/aromatic N) is 1. The molecule has 1 aromatic rings. The van der Waals surface area contributed by atoms with Gasteiger partial charge < -0.3 is 10.4 Å². The first-order valence-corrected chi connectivity index (χ1v) is 6.51. The summed E-state index contributed by atoms with van der Waals surface area (Å²) in [5, 5.41) is 12.2. The number of para-hydroxylation sites is 1. The van der Waals surface area contributed by atoms with Gasteiger partial charge in [-0.15, -0.1) is 0 Å². The number of carbonyl (C=O) groups excluding carboxylic acids is 1. The molecular formula is C14H19FN2O2. The third kappa shape index (κ3) is 3.75. The molecule has 1 saturated heterocycles. The van der Waals surface area contributed by atoms with E-state index in [9.17, 15) is 14.3 Å². The van der Waals surface area contributed by atoms with E-state index in [0.29, 0.717) is 19.5 Å². The smallest absolute Gasteiger partial charge is 0.238 e. The molecule has 0 bridgehead atoms. The first-order valence-electron chi connectivity index (χ1n) is 6.51. The van der Waals surface area contributed by atoms with Crippen LogP contribution in [-0.4, -0.2) is 41.7 Å². The van der Waals surface area contributed by atoms with Crippen LogP contribution in [0, 0.1) is 11.7 Å². The lowest BCUT2D eigenvalue weighted by molar-refractivity contribution is -0.118. The number of aliphatic hydroxyl groups excluding tert-OH is 1. The van der Waals surface area contributed by atoms with Crippen LogP contribution in [-0.2, 0) is 4.79 Å². The van der Waals surface area contributed by atoms with Crippen molar-refractivity contribution in [3.05, 3.63) is 30.1 Å². The Morgan fingerprint density at radius 2 is 2.26 bits per heavy atom. The molecule has 19 heavy (non-hydrogen) atoms. The van der Waals surface area contributed by atoms with E-state index in [2.05, 4.69) is 5.32 Å². The van der Waals surface area contributed by atoms with Crippen LogP contribution < -0.4 is 5.32 Å². The number of halogens is 1. The summed E-state index contributed by atoms with van der Waals surface area (Å²) in [7, 11) is 0. The Balaban J connectivity index is 1.87. The Kier molecular flexibility index (Phi) is 4.50. The molecule has 1 amide bonds. The Hall–Kier alpha value is -1.46. The zero-order valence-corrected chi connectivity index (χ0v) is 11.0. The number of benzene rings is 1. The molecule has 2 N–H and O–H groups in total. The third-order valence-corrected chi connectivity index (χ3v) is 3.46. The lowest BCUT2D eigenvalue weighted by Gasteiger charge is -2.33. The lowest BCUT2D eigenvalue weighted by atomic mass is 9.97. The fraction of sp³-hybridized carbons (Fsp3) is 0.500. The van der Waals surface area contributed by atoms with Crippen molar-refractivity contribution in [1.29, 1.82) is 0 Å². The number of anilines is 1. The molecule has 1 aromatic carbocycles. The minimum absolute atomic E-state index is 0.162. The van der Waals surface area contributed by atoms with Gasteiger partial charge in [0.25, 0.3) is 0 Å². The van der Waals surface area contributed by atoms with Gasteiger partial charge in [0.05, 0.1) is 18.3 Å². The molecule has 2 unspecified atom stereocenters. The maximum atomic E-state index is 13.4. The molecular weight excluding hydrogens is 247 g/mol. The van der Waals surface area contributed by atoms with Gasteiger partial charge in [-0.1, -0.05) is 19.1 Å². The zero-order valence-electron chi connectivity index (χ0n) is 11.0. The second kappa shape index (κ2) is 6.12. The van der Waals surface area contributed by atoms with Gasteiger partial charge in [-0.2, -0.15) is 0 Å². The van der Waals surface area contributed by atoms with E-state index in [0.717, 1.165) is 0 Å². The minimum Gasteiger partial charge on any atom is -0.393 e. The van der Waals surface area contributed by atoms with Crippen molar-refractivity contribution in [2.75, 3.05) is 25.0 Å². The van der Waals surface area contributed by atoms with Gasteiger partial charge in [0.15, 0.2) is 0 Å². The highest BCUT2D eigenvalue weighted by Crippen LogP contribution is 2.17. The molecule has 1 heterocycles. The van der Waals surface area contributed by atoms with Gasteiger partial charge in [0.2, 0.25) is 5.91 Å². The lowest BCUT2D eigenvalue weighted by Crippen LogP contribution is -2.45. The number of nitrogens with one attached hydrogen (secondary N) is 1. The molecule has 0 saturated carbocycles. The van der Waals surface area contributed by atoms with Crippen LogP contribution in [0.5, 0.6) is 0 Å². The van der Waals surface area contributed by atoms with Crippen LogP contribution in [0.4, 0.5) is 10.1 Å². The Morgan fingerprint density at radius 1 is 1.53 bits per heavy atom. The van der Waals surface area contributed by atoms with Crippen molar-refractivity contribution >= 4 is 11.6 Å². The quantitative estimate of drug-likeness (QED) is 0.871. The Labute approximate surface area is 112 Å². The van der Waals surface area contributed by atoms with E-state index < -0.39 is 5.82 Å². The molecule has 0 aromatic heterocycles. The summed E-state index contributed by atoms with van der Waals surface area (Å²) in [5.74, 6) is -0.498. The van der Waals surface area contributed by atoms with Gasteiger partial charge in [-0.3, -0.25) is 9.69 Å². The minimum atomic E-state index is -0.432. The van der Waals surface area contributed by atoms with Crippen molar-refractivity contribution in [2.45, 2.75) is 19.4 Å². The van der Waals surface area contributed by atoms with Crippen molar-refractivity contribution in [3.63, 3.8) is 0 Å². The Morgan fingerprint density at radius 3 is 2.95 bits per heavy atom. The van der Waals surface area contributed by atoms with Gasteiger partial charge in [-0.25, -0.2) is 4.39 Å². The number of hydrogen-bond acceptors (Lipinski definition) is 3. The zero-order chi connectivity index (χ0) is 13.8. The molecule has 2 rings (SSSR count). The van der Waals surface area contributed by atoms with E-state index in [4.69, 9.17) is 0 Å². The average Bonchev–Trinajstić information content (AvgIpc) is 2.37. The summed E-state index contributed by atoms with van der Waals surface area (Å²) in [4.78, 5) is 13.8. The predicted octanol–water partition coefficient (Wildman–Crippen LogP) is 1.47. The second-order valence-corrected chi connectivity index (χ2v) is 5.10. The number of likely N-dealkylation sites (tertiary alicyclic amines) is 1. The van der Waals surface area contributed by atoms with E-state index in [1.807, 2.05) is 11.8 Å². The molecule has 0 radical (unpaired) electrons. The summed E-state index contributed by atoms with van der Waals surface area (Å²) in [6.07, 6.45) is 0.389. The van der Waals surface area contributed by atoms with E-state index in [1.54, 1.807) is 12.1 Å². The standard InChI is InChI=1S/C14H19FN2O2/c1-10-8-17(7-6-13(10)18)9-14(19)16-12-5-3-2-4-11(12)15/h2-5,10,13,18H,6-9H2,1H3,(H,16,19). The summed E-state index contributed by atoms with van der Waals surface area (Å²) in [6.45, 7) is 3.57. The fourth-order valence-corrected chi connectivity index (χ4v) is 2.32. The topological polar surface area (TPSA) is 52.6 Å². The maximum Gasteiger partial charge on any atom is 0.238 e. The number of carbonyl (C=O) groups is 1. The monoisotopic (exact) mass is 266 g/mol. The van der Waals surface area contributed by atoms with E-state index >= 15 is 0 Å². The van der Waals surface area contributed by atoms with Crippen molar-refractivity contribution in [1.82, 2.24) is 4.90 Å². The SMILES string of the molecule is CC1CN(CC(=O)Nc2ccccc2F)CCC1O. The molecule has 0 aliphatic carbocycles. The fourth-order valence-electron chi connectivity index (χ4n) is 2.32. The second-order valence-electron chi connectivity index (χ2n) is 5.10. The number of piperidine rings is 1. The molecule has 104 valence electrons. The molecule has 1 fully saturated rings. The average molecular weight is 266 g/mol. The first-order chi connectivity index (χ1) is 9.06. The maximum absolute atomic E-state index is 13.4. The highest BCUT2D eigenvalue weighted by Gasteiger charge is 2.25. The summed E-state index contributed by atoms with van der Waals surface area (Å²) in [5.41, 5.74) is 0.206. The Bertz CT molecular complexity index is 453. The van der Waals surface area contributed by atoms with Crippen molar-refractivity contribution in [3.8, 4) is 0 Å². The van der Waals surface area contributed by atoms with Gasteiger partial charge in [0, 0.05) is 13.1 Å².